The van der Waals surface area contributed by atoms with Crippen molar-refractivity contribution in [2.24, 2.45) is 17.6 Å². The third-order valence-corrected chi connectivity index (χ3v) is 7.69. The minimum atomic E-state index is -2.94. The van der Waals surface area contributed by atoms with Crippen LogP contribution in [0.25, 0.3) is 0 Å². The molecule has 6 N–H and O–H groups in total. The van der Waals surface area contributed by atoms with Crippen LogP contribution < -0.4 is 5.73 Å². The molecule has 0 bridgehead atoms. The summed E-state index contributed by atoms with van der Waals surface area (Å²) in [5.74, 6) is -9.61. The highest BCUT2D eigenvalue weighted by atomic mass is 16.5. The largest absolute Gasteiger partial charge is 0.510 e. The van der Waals surface area contributed by atoms with E-state index in [0.29, 0.717) is 12.0 Å². The van der Waals surface area contributed by atoms with Crippen LogP contribution >= 0.6 is 0 Å². The van der Waals surface area contributed by atoms with Gasteiger partial charge in [-0.25, -0.2) is 0 Å². The highest BCUT2D eigenvalue weighted by Crippen LogP contribution is 2.56. The number of ether oxygens (including phenoxy) is 1. The summed E-state index contributed by atoms with van der Waals surface area (Å²) in [7, 11) is 3.00. The summed E-state index contributed by atoms with van der Waals surface area (Å²) in [5.41, 5.74) is 1.40. The molecule has 3 aliphatic carbocycles. The standard InChI is InChI=1S/C26H30N2O9/c1-5-7-13(30)37-22-14-10(2)11-8-6-9-12(29)15(11)20(31)16(14)23(33)26(36)18(22)19(28(3)4)21(32)17(24(26)34)25(27)35/h6,8-10,14,18-19,22,29,32-33,36H,5,7H2,1-4H3,(H2,27,35)/t10-,14+,18+,19-,22-,26-/m0/s1. The van der Waals surface area contributed by atoms with E-state index in [0.717, 1.165) is 0 Å². The maximum Gasteiger partial charge on any atom is 0.306 e. The lowest BCUT2D eigenvalue weighted by Crippen LogP contribution is -2.69. The molecule has 0 radical (unpaired) electrons. The van der Waals surface area contributed by atoms with Crippen LogP contribution in [-0.2, 0) is 19.1 Å². The number of nitrogens with zero attached hydrogens (tertiary/aromatic N) is 1. The highest BCUT2D eigenvalue weighted by molar-refractivity contribution is 6.25. The van der Waals surface area contributed by atoms with E-state index >= 15 is 0 Å². The number of nitrogens with two attached hydrogens (primary N) is 1. The number of ketones is 2. The number of aromatic hydroxyl groups is 1. The second-order valence-electron chi connectivity index (χ2n) is 10.0. The maximum atomic E-state index is 13.7. The molecular weight excluding hydrogens is 484 g/mol. The van der Waals surface area contributed by atoms with Crippen molar-refractivity contribution in [3.8, 4) is 5.75 Å². The van der Waals surface area contributed by atoms with Crippen molar-refractivity contribution in [1.82, 2.24) is 4.90 Å². The molecule has 0 unspecified atom stereocenters. The van der Waals surface area contributed by atoms with Crippen LogP contribution in [0.1, 0.15) is 48.5 Å². The van der Waals surface area contributed by atoms with Crippen LogP contribution in [-0.4, -0.2) is 80.6 Å². The lowest BCUT2D eigenvalue weighted by molar-refractivity contribution is -0.181. The number of carbonyl (C=O) groups excluding carboxylic acids is 4. The van der Waals surface area contributed by atoms with E-state index in [1.54, 1.807) is 26.0 Å². The number of aliphatic hydroxyl groups excluding tert-OH is 2. The molecule has 0 spiro atoms. The van der Waals surface area contributed by atoms with Crippen LogP contribution in [0.15, 0.2) is 40.9 Å². The van der Waals surface area contributed by atoms with Crippen LogP contribution in [0.3, 0.4) is 0 Å². The molecule has 0 aromatic heterocycles. The summed E-state index contributed by atoms with van der Waals surface area (Å²) in [5, 5.41) is 44.9. The van der Waals surface area contributed by atoms with Crippen molar-refractivity contribution >= 4 is 23.4 Å². The predicted octanol–water partition coefficient (Wildman–Crippen LogP) is 1.00. The van der Waals surface area contributed by atoms with E-state index in [1.165, 1.54) is 25.1 Å². The highest BCUT2D eigenvalue weighted by Gasteiger charge is 2.68. The number of rotatable bonds is 5. The number of esters is 1. The predicted molar refractivity (Wildman–Crippen MR) is 129 cm³/mol. The number of phenols is 1. The molecule has 1 amide bonds. The number of primary amides is 1. The average Bonchev–Trinajstić information content (AvgIpc) is 2.80. The summed E-state index contributed by atoms with van der Waals surface area (Å²) >= 11 is 0. The first-order chi connectivity index (χ1) is 17.3. The van der Waals surface area contributed by atoms with E-state index in [1.807, 2.05) is 0 Å². The van der Waals surface area contributed by atoms with Gasteiger partial charge in [-0.05, 0) is 38.1 Å². The molecule has 0 fully saturated rings. The summed E-state index contributed by atoms with van der Waals surface area (Å²) in [6, 6.07) is 3.15. The monoisotopic (exact) mass is 514 g/mol. The van der Waals surface area contributed by atoms with Gasteiger partial charge in [0.25, 0.3) is 5.91 Å². The third-order valence-electron chi connectivity index (χ3n) is 7.69. The van der Waals surface area contributed by atoms with Crippen LogP contribution in [0.2, 0.25) is 0 Å². The van der Waals surface area contributed by atoms with Gasteiger partial charge in [-0.15, -0.1) is 0 Å². The first kappa shape index (κ1) is 26.4. The summed E-state index contributed by atoms with van der Waals surface area (Å²) in [6.07, 6.45) is -0.969. The first-order valence-corrected chi connectivity index (χ1v) is 12.0. The van der Waals surface area contributed by atoms with Crippen molar-refractivity contribution in [2.45, 2.75) is 50.4 Å². The second kappa shape index (κ2) is 9.00. The lowest BCUT2D eigenvalue weighted by atomic mass is 9.55. The average molecular weight is 515 g/mol. The van der Waals surface area contributed by atoms with Crippen molar-refractivity contribution in [2.75, 3.05) is 14.1 Å². The van der Waals surface area contributed by atoms with Crippen molar-refractivity contribution in [3.63, 3.8) is 0 Å². The Bertz CT molecular complexity index is 1280. The number of Topliss-reactive ketones (excluding diaryl/α,β-unsaturated/α-hetero) is 2. The fraction of sp³-hybridized carbons (Fsp3) is 0.462. The van der Waals surface area contributed by atoms with Crippen LogP contribution in [0.4, 0.5) is 0 Å². The van der Waals surface area contributed by atoms with Gasteiger partial charge in [0.1, 0.15) is 28.9 Å². The summed E-state index contributed by atoms with van der Waals surface area (Å²) < 4.78 is 5.83. The van der Waals surface area contributed by atoms with Crippen molar-refractivity contribution < 1.29 is 44.3 Å². The Morgan fingerprint density at radius 2 is 1.81 bits per heavy atom. The number of likely N-dealkylation sites (N-methyl/N-ethyl adjacent to an activating group) is 1. The van der Waals surface area contributed by atoms with Gasteiger partial charge < -0.3 is 30.9 Å². The van der Waals surface area contributed by atoms with Gasteiger partial charge in [-0.1, -0.05) is 26.0 Å². The Labute approximate surface area is 212 Å². The van der Waals surface area contributed by atoms with Crippen LogP contribution in [0, 0.1) is 11.8 Å². The molecule has 0 saturated carbocycles. The van der Waals surface area contributed by atoms with Gasteiger partial charge in [0.15, 0.2) is 11.4 Å². The Morgan fingerprint density at radius 1 is 1.16 bits per heavy atom. The van der Waals surface area contributed by atoms with Crippen molar-refractivity contribution in [1.29, 1.82) is 0 Å². The Kier molecular flexibility index (Phi) is 6.41. The summed E-state index contributed by atoms with van der Waals surface area (Å²) in [6.45, 7) is 3.45. The van der Waals surface area contributed by atoms with Gasteiger partial charge >= 0.3 is 5.97 Å². The quantitative estimate of drug-likeness (QED) is 0.280. The van der Waals surface area contributed by atoms with Crippen LogP contribution in [0.5, 0.6) is 5.75 Å². The molecule has 3 aliphatic rings. The van der Waals surface area contributed by atoms with Gasteiger partial charge in [0.2, 0.25) is 5.78 Å². The third kappa shape index (κ3) is 3.56. The van der Waals surface area contributed by atoms with E-state index < -0.39 is 81.6 Å². The molecule has 1 aromatic rings. The van der Waals surface area contributed by atoms with E-state index in [2.05, 4.69) is 0 Å². The number of fused-ring (bicyclic) bond motifs is 3. The molecule has 0 heterocycles. The number of hydrogen-bond acceptors (Lipinski definition) is 10. The zero-order chi connectivity index (χ0) is 27.6. The Morgan fingerprint density at radius 3 is 2.38 bits per heavy atom. The SMILES string of the molecule is CCCC(=O)O[C@H]1[C@H]2C(=C(O)[C@]3(O)C(=O)C(C(N)=O)=C(O)[C@@H](N(C)C)[C@H]13)C(=O)c1c(O)cccc1[C@@H]2C. The smallest absolute Gasteiger partial charge is 0.306 e. The zero-order valence-corrected chi connectivity index (χ0v) is 20.9. The summed E-state index contributed by atoms with van der Waals surface area (Å²) in [4.78, 5) is 53.6. The number of amides is 1. The van der Waals surface area contributed by atoms with Gasteiger partial charge in [0, 0.05) is 17.9 Å². The number of hydrogen-bond donors (Lipinski definition) is 5. The second-order valence-corrected chi connectivity index (χ2v) is 10.0. The molecule has 37 heavy (non-hydrogen) atoms. The first-order valence-electron chi connectivity index (χ1n) is 12.0. The Balaban J connectivity index is 2.09. The molecule has 11 nitrogen and oxygen atoms in total. The topological polar surface area (TPSA) is 188 Å². The fourth-order valence-electron chi connectivity index (χ4n) is 6.11. The molecule has 0 saturated heterocycles. The lowest BCUT2D eigenvalue weighted by Gasteiger charge is -2.54. The minimum absolute atomic E-state index is 0.00592. The molecular formula is C26H30N2O9. The van der Waals surface area contributed by atoms with E-state index in [4.69, 9.17) is 10.5 Å². The molecule has 0 aliphatic heterocycles. The molecule has 6 atom stereocenters. The van der Waals surface area contributed by atoms with Gasteiger partial charge in [-0.2, -0.15) is 0 Å². The molecule has 1 aromatic carbocycles. The zero-order valence-electron chi connectivity index (χ0n) is 20.9. The molecule has 11 heteroatoms. The van der Waals surface area contributed by atoms with Gasteiger partial charge in [-0.3, -0.25) is 24.1 Å². The van der Waals surface area contributed by atoms with E-state index in [9.17, 15) is 39.6 Å². The van der Waals surface area contributed by atoms with E-state index in [-0.39, 0.29) is 17.7 Å². The fourth-order valence-corrected chi connectivity index (χ4v) is 6.11. The van der Waals surface area contributed by atoms with Gasteiger partial charge in [0.05, 0.1) is 17.5 Å². The number of carbonyl (C=O) groups is 4. The molecule has 198 valence electrons. The number of benzene rings is 1. The molecule has 4 rings (SSSR count). The Hall–Kier alpha value is -3.70. The van der Waals surface area contributed by atoms with Crippen molar-refractivity contribution in [3.05, 3.63) is 52.0 Å². The number of aliphatic hydroxyl groups is 3. The maximum absolute atomic E-state index is 13.7. The minimum Gasteiger partial charge on any atom is -0.510 e. The normalized spacial score (nSPS) is 31.1. The number of phenolic OH excluding ortho intramolecular Hbond substituents is 1.